The van der Waals surface area contributed by atoms with Gasteiger partial charge in [0.15, 0.2) is 0 Å². The van der Waals surface area contributed by atoms with Crippen LogP contribution < -0.4 is 11.1 Å². The molecular weight excluding hydrogens is 244 g/mol. The Morgan fingerprint density at radius 3 is 2.78 bits per heavy atom. The van der Waals surface area contributed by atoms with Crippen molar-refractivity contribution in [2.75, 3.05) is 6.54 Å². The largest absolute Gasteiger partial charge is 0.330 e. The maximum Gasteiger partial charge on any atom is 0.0453 e. The maximum absolute atomic E-state index is 6.24. The highest BCUT2D eigenvalue weighted by molar-refractivity contribution is 6.31. The summed E-state index contributed by atoms with van der Waals surface area (Å²) >= 11 is 6.24. The van der Waals surface area contributed by atoms with Crippen LogP contribution >= 0.6 is 11.6 Å². The van der Waals surface area contributed by atoms with E-state index in [4.69, 9.17) is 17.3 Å². The number of rotatable bonds is 4. The van der Waals surface area contributed by atoms with Crippen LogP contribution in [0.1, 0.15) is 44.2 Å². The number of hydrogen-bond acceptors (Lipinski definition) is 2. The molecule has 3 atom stereocenters. The van der Waals surface area contributed by atoms with Gasteiger partial charge in [-0.15, -0.1) is 0 Å². The van der Waals surface area contributed by atoms with E-state index in [0.29, 0.717) is 12.0 Å². The maximum atomic E-state index is 6.24. The minimum Gasteiger partial charge on any atom is -0.330 e. The van der Waals surface area contributed by atoms with Gasteiger partial charge in [0.05, 0.1) is 0 Å². The smallest absolute Gasteiger partial charge is 0.0453 e. The molecule has 1 aliphatic rings. The molecule has 0 aromatic heterocycles. The van der Waals surface area contributed by atoms with Gasteiger partial charge in [0.2, 0.25) is 0 Å². The highest BCUT2D eigenvalue weighted by Gasteiger charge is 2.25. The third-order valence-electron chi connectivity index (χ3n) is 4.05. The monoisotopic (exact) mass is 266 g/mol. The number of halogens is 1. The Bertz CT molecular complexity index is 381. The van der Waals surface area contributed by atoms with Gasteiger partial charge >= 0.3 is 0 Å². The van der Waals surface area contributed by atoms with Gasteiger partial charge in [0.25, 0.3) is 0 Å². The van der Waals surface area contributed by atoms with Crippen LogP contribution in [0.4, 0.5) is 0 Å². The van der Waals surface area contributed by atoms with Gasteiger partial charge in [-0.3, -0.25) is 0 Å². The summed E-state index contributed by atoms with van der Waals surface area (Å²) in [7, 11) is 0. The van der Waals surface area contributed by atoms with Crippen molar-refractivity contribution in [2.24, 2.45) is 11.7 Å². The fourth-order valence-corrected chi connectivity index (χ4v) is 3.25. The molecule has 1 fully saturated rings. The fourth-order valence-electron chi connectivity index (χ4n) is 2.95. The highest BCUT2D eigenvalue weighted by atomic mass is 35.5. The molecule has 0 aliphatic heterocycles. The van der Waals surface area contributed by atoms with E-state index in [-0.39, 0.29) is 6.04 Å². The standard InChI is InChI=1S/C15H23ClN2/c1-11(13-7-3-4-8-14(13)16)18-15-9-5-2-6-12(15)10-17/h3-4,7-8,11-12,15,18H,2,5-6,9-10,17H2,1H3/t11-,12?,15?/m1/s1. The molecule has 3 heteroatoms. The summed E-state index contributed by atoms with van der Waals surface area (Å²) < 4.78 is 0. The zero-order valence-electron chi connectivity index (χ0n) is 11.0. The average Bonchev–Trinajstić information content (AvgIpc) is 2.39. The van der Waals surface area contributed by atoms with Crippen LogP contribution in [-0.2, 0) is 0 Å². The Morgan fingerprint density at radius 1 is 1.33 bits per heavy atom. The van der Waals surface area contributed by atoms with Gasteiger partial charge in [-0.2, -0.15) is 0 Å². The van der Waals surface area contributed by atoms with Crippen LogP contribution in [-0.4, -0.2) is 12.6 Å². The zero-order chi connectivity index (χ0) is 13.0. The molecule has 0 amide bonds. The molecule has 1 saturated carbocycles. The first-order valence-electron chi connectivity index (χ1n) is 6.93. The normalized spacial score (nSPS) is 25.9. The van der Waals surface area contributed by atoms with E-state index < -0.39 is 0 Å². The van der Waals surface area contributed by atoms with Crippen molar-refractivity contribution < 1.29 is 0 Å². The molecule has 2 rings (SSSR count). The van der Waals surface area contributed by atoms with Crippen molar-refractivity contribution in [1.29, 1.82) is 0 Å². The van der Waals surface area contributed by atoms with Crippen LogP contribution in [0.5, 0.6) is 0 Å². The Kier molecular flexibility index (Phi) is 5.04. The summed E-state index contributed by atoms with van der Waals surface area (Å²) in [6.07, 6.45) is 5.12. The van der Waals surface area contributed by atoms with Crippen molar-refractivity contribution in [3.8, 4) is 0 Å². The van der Waals surface area contributed by atoms with Gasteiger partial charge in [0, 0.05) is 17.1 Å². The second kappa shape index (κ2) is 6.55. The lowest BCUT2D eigenvalue weighted by Gasteiger charge is -2.34. The van der Waals surface area contributed by atoms with Crippen LogP contribution in [0.25, 0.3) is 0 Å². The zero-order valence-corrected chi connectivity index (χ0v) is 11.8. The van der Waals surface area contributed by atoms with Crippen molar-refractivity contribution in [3.05, 3.63) is 34.9 Å². The lowest BCUT2D eigenvalue weighted by atomic mass is 9.84. The van der Waals surface area contributed by atoms with Gasteiger partial charge < -0.3 is 11.1 Å². The molecule has 1 aromatic carbocycles. The fraction of sp³-hybridized carbons (Fsp3) is 0.600. The molecule has 0 bridgehead atoms. The number of benzene rings is 1. The van der Waals surface area contributed by atoms with E-state index in [1.807, 2.05) is 18.2 Å². The number of nitrogens with one attached hydrogen (secondary N) is 1. The van der Waals surface area contributed by atoms with Gasteiger partial charge in [-0.1, -0.05) is 42.6 Å². The third kappa shape index (κ3) is 3.25. The summed E-state index contributed by atoms with van der Waals surface area (Å²) in [5.74, 6) is 0.615. The van der Waals surface area contributed by atoms with Gasteiger partial charge in [0.1, 0.15) is 0 Å². The van der Waals surface area contributed by atoms with E-state index in [2.05, 4.69) is 18.3 Å². The van der Waals surface area contributed by atoms with Crippen molar-refractivity contribution in [2.45, 2.75) is 44.7 Å². The summed E-state index contributed by atoms with van der Waals surface area (Å²) in [5, 5.41) is 4.56. The van der Waals surface area contributed by atoms with Gasteiger partial charge in [-0.05, 0) is 43.9 Å². The average molecular weight is 267 g/mol. The minimum atomic E-state index is 0.288. The molecule has 0 spiro atoms. The Balaban J connectivity index is 2.02. The second-order valence-corrected chi connectivity index (χ2v) is 5.70. The number of nitrogens with two attached hydrogens (primary N) is 1. The lowest BCUT2D eigenvalue weighted by Crippen LogP contribution is -2.42. The molecule has 18 heavy (non-hydrogen) atoms. The second-order valence-electron chi connectivity index (χ2n) is 5.30. The molecule has 0 saturated heterocycles. The molecule has 100 valence electrons. The predicted octanol–water partition coefficient (Wildman–Crippen LogP) is 3.51. The summed E-state index contributed by atoms with van der Waals surface area (Å²) in [4.78, 5) is 0. The topological polar surface area (TPSA) is 38.0 Å². The van der Waals surface area contributed by atoms with Gasteiger partial charge in [-0.25, -0.2) is 0 Å². The summed E-state index contributed by atoms with van der Waals surface area (Å²) in [6.45, 7) is 2.97. The highest BCUT2D eigenvalue weighted by Crippen LogP contribution is 2.28. The molecular formula is C15H23ClN2. The summed E-state index contributed by atoms with van der Waals surface area (Å²) in [5.41, 5.74) is 7.05. The minimum absolute atomic E-state index is 0.288. The Morgan fingerprint density at radius 2 is 2.06 bits per heavy atom. The van der Waals surface area contributed by atoms with Crippen LogP contribution in [0.15, 0.2) is 24.3 Å². The molecule has 3 N–H and O–H groups in total. The first-order chi connectivity index (χ1) is 8.72. The third-order valence-corrected chi connectivity index (χ3v) is 4.39. The van der Waals surface area contributed by atoms with E-state index in [1.54, 1.807) is 0 Å². The molecule has 2 unspecified atom stereocenters. The molecule has 0 heterocycles. The Hall–Kier alpha value is -0.570. The first-order valence-corrected chi connectivity index (χ1v) is 7.30. The molecule has 1 aromatic rings. The molecule has 0 radical (unpaired) electrons. The van der Waals surface area contributed by atoms with Crippen molar-refractivity contribution in [1.82, 2.24) is 5.32 Å². The SMILES string of the molecule is C[C@@H](NC1CCCCC1CN)c1ccccc1Cl. The molecule has 1 aliphatic carbocycles. The summed E-state index contributed by atoms with van der Waals surface area (Å²) in [6, 6.07) is 8.89. The van der Waals surface area contributed by atoms with Crippen LogP contribution in [0.2, 0.25) is 5.02 Å². The predicted molar refractivity (Wildman–Crippen MR) is 77.8 cm³/mol. The first kappa shape index (κ1) is 13.9. The van der Waals surface area contributed by atoms with E-state index in [9.17, 15) is 0 Å². The van der Waals surface area contributed by atoms with E-state index >= 15 is 0 Å². The molecule has 2 nitrogen and oxygen atoms in total. The lowest BCUT2D eigenvalue weighted by molar-refractivity contribution is 0.252. The van der Waals surface area contributed by atoms with Crippen molar-refractivity contribution >= 4 is 11.6 Å². The van der Waals surface area contributed by atoms with E-state index in [0.717, 1.165) is 11.6 Å². The Labute approximate surface area is 115 Å². The van der Waals surface area contributed by atoms with E-state index in [1.165, 1.54) is 31.2 Å². The quantitative estimate of drug-likeness (QED) is 0.875. The van der Waals surface area contributed by atoms with Crippen LogP contribution in [0, 0.1) is 5.92 Å². The van der Waals surface area contributed by atoms with Crippen LogP contribution in [0.3, 0.4) is 0 Å². The van der Waals surface area contributed by atoms with Crippen molar-refractivity contribution in [3.63, 3.8) is 0 Å². The number of hydrogen-bond donors (Lipinski definition) is 2.